The predicted molar refractivity (Wildman–Crippen MR) is 95.0 cm³/mol. The van der Waals surface area contributed by atoms with Crippen LogP contribution < -0.4 is 15.4 Å². The number of nitrogens with one attached hydrogen (secondary N) is 2. The molecule has 1 amide bonds. The first-order valence-corrected chi connectivity index (χ1v) is 8.34. The lowest BCUT2D eigenvalue weighted by Crippen LogP contribution is -2.33. The molecular weight excluding hydrogens is 302 g/mol. The zero-order valence-corrected chi connectivity index (χ0v) is 14.1. The number of benzene rings is 1. The third-order valence-electron chi connectivity index (χ3n) is 4.32. The van der Waals surface area contributed by atoms with E-state index in [1.807, 2.05) is 31.2 Å². The Kier molecular flexibility index (Phi) is 4.99. The summed E-state index contributed by atoms with van der Waals surface area (Å²) < 4.78 is 5.38. The number of methoxy groups -OCH3 is 1. The fourth-order valence-electron chi connectivity index (χ4n) is 3.04. The van der Waals surface area contributed by atoms with Crippen molar-refractivity contribution < 1.29 is 9.53 Å². The fraction of sp³-hybridized carbons (Fsp3) is 0.368. The van der Waals surface area contributed by atoms with E-state index in [2.05, 4.69) is 15.6 Å². The standard InChI is InChI=1S/C19H23N3O2/c1-13-7-8-18(24-2)16(11-13)21-15-9-10-20-17(12-15)19(23)22-14-5-3-4-6-14/h7-12,14H,3-6H2,1-2H3,(H,20,21)(H,22,23). The number of aromatic nitrogens is 1. The van der Waals surface area contributed by atoms with Crippen LogP contribution in [0.3, 0.4) is 0 Å². The maximum absolute atomic E-state index is 12.4. The topological polar surface area (TPSA) is 63.2 Å². The van der Waals surface area contributed by atoms with E-state index in [4.69, 9.17) is 4.74 Å². The molecule has 1 aliphatic rings. The van der Waals surface area contributed by atoms with Crippen LogP contribution in [-0.2, 0) is 0 Å². The van der Waals surface area contributed by atoms with E-state index < -0.39 is 0 Å². The molecule has 1 saturated carbocycles. The molecule has 0 saturated heterocycles. The van der Waals surface area contributed by atoms with Crippen LogP contribution in [-0.4, -0.2) is 24.0 Å². The van der Waals surface area contributed by atoms with Gasteiger partial charge in [-0.1, -0.05) is 18.9 Å². The van der Waals surface area contributed by atoms with E-state index in [1.54, 1.807) is 19.4 Å². The van der Waals surface area contributed by atoms with Gasteiger partial charge in [-0.05, 0) is 49.6 Å². The minimum Gasteiger partial charge on any atom is -0.495 e. The average Bonchev–Trinajstić information content (AvgIpc) is 3.08. The molecule has 24 heavy (non-hydrogen) atoms. The van der Waals surface area contributed by atoms with Gasteiger partial charge in [0.15, 0.2) is 0 Å². The predicted octanol–water partition coefficient (Wildman–Crippen LogP) is 3.81. The minimum absolute atomic E-state index is 0.109. The van der Waals surface area contributed by atoms with Crippen LogP contribution >= 0.6 is 0 Å². The number of anilines is 2. The van der Waals surface area contributed by atoms with Crippen LogP contribution in [0.4, 0.5) is 11.4 Å². The Bertz CT molecular complexity index is 724. The zero-order chi connectivity index (χ0) is 16.9. The van der Waals surface area contributed by atoms with Crippen molar-refractivity contribution >= 4 is 17.3 Å². The number of hydrogen-bond acceptors (Lipinski definition) is 4. The summed E-state index contributed by atoms with van der Waals surface area (Å²) in [4.78, 5) is 16.6. The highest BCUT2D eigenvalue weighted by Crippen LogP contribution is 2.28. The van der Waals surface area contributed by atoms with Crippen LogP contribution in [0.15, 0.2) is 36.5 Å². The molecule has 1 aliphatic carbocycles. The second-order valence-corrected chi connectivity index (χ2v) is 6.21. The van der Waals surface area contributed by atoms with Crippen LogP contribution in [0.1, 0.15) is 41.7 Å². The van der Waals surface area contributed by atoms with E-state index in [0.717, 1.165) is 35.5 Å². The maximum atomic E-state index is 12.4. The molecule has 0 radical (unpaired) electrons. The third kappa shape index (κ3) is 3.85. The van der Waals surface area contributed by atoms with Crippen LogP contribution in [0, 0.1) is 6.92 Å². The van der Waals surface area contributed by atoms with E-state index in [9.17, 15) is 4.79 Å². The van der Waals surface area contributed by atoms with E-state index in [-0.39, 0.29) is 11.9 Å². The van der Waals surface area contributed by atoms with Gasteiger partial charge in [-0.3, -0.25) is 9.78 Å². The van der Waals surface area contributed by atoms with Gasteiger partial charge in [-0.2, -0.15) is 0 Å². The van der Waals surface area contributed by atoms with Gasteiger partial charge < -0.3 is 15.4 Å². The molecule has 0 bridgehead atoms. The normalized spacial score (nSPS) is 14.4. The summed E-state index contributed by atoms with van der Waals surface area (Å²) in [5.74, 6) is 0.649. The van der Waals surface area contributed by atoms with Gasteiger partial charge in [-0.25, -0.2) is 0 Å². The van der Waals surface area contributed by atoms with Gasteiger partial charge >= 0.3 is 0 Å². The molecule has 1 aromatic heterocycles. The number of pyridine rings is 1. The number of carbonyl (C=O) groups is 1. The molecule has 2 aromatic rings. The lowest BCUT2D eigenvalue weighted by atomic mass is 10.2. The van der Waals surface area contributed by atoms with Crippen molar-refractivity contribution in [3.05, 3.63) is 47.8 Å². The van der Waals surface area contributed by atoms with Crippen molar-refractivity contribution in [1.29, 1.82) is 0 Å². The Morgan fingerprint density at radius 3 is 2.75 bits per heavy atom. The Balaban J connectivity index is 1.75. The highest BCUT2D eigenvalue weighted by Gasteiger charge is 2.18. The molecular formula is C19H23N3O2. The fourth-order valence-corrected chi connectivity index (χ4v) is 3.04. The van der Waals surface area contributed by atoms with Crippen LogP contribution in [0.2, 0.25) is 0 Å². The number of aryl methyl sites for hydroxylation is 1. The Morgan fingerprint density at radius 1 is 1.21 bits per heavy atom. The van der Waals surface area contributed by atoms with Crippen LogP contribution in [0.5, 0.6) is 5.75 Å². The second kappa shape index (κ2) is 7.34. The maximum Gasteiger partial charge on any atom is 0.270 e. The Morgan fingerprint density at radius 2 is 2.00 bits per heavy atom. The van der Waals surface area contributed by atoms with Crippen molar-refractivity contribution in [3.8, 4) is 5.75 Å². The summed E-state index contributed by atoms with van der Waals surface area (Å²) in [5, 5.41) is 6.37. The van der Waals surface area contributed by atoms with E-state index in [0.29, 0.717) is 5.69 Å². The third-order valence-corrected chi connectivity index (χ3v) is 4.32. The molecule has 5 nitrogen and oxygen atoms in total. The lowest BCUT2D eigenvalue weighted by molar-refractivity contribution is 0.0933. The molecule has 2 N–H and O–H groups in total. The summed E-state index contributed by atoms with van der Waals surface area (Å²) in [6, 6.07) is 9.83. The van der Waals surface area contributed by atoms with Crippen molar-refractivity contribution in [2.45, 2.75) is 38.6 Å². The number of carbonyl (C=O) groups excluding carboxylic acids is 1. The highest BCUT2D eigenvalue weighted by molar-refractivity contribution is 5.93. The zero-order valence-electron chi connectivity index (χ0n) is 14.1. The molecule has 0 spiro atoms. The number of hydrogen-bond donors (Lipinski definition) is 2. The van der Waals surface area contributed by atoms with Gasteiger partial charge in [0.25, 0.3) is 5.91 Å². The molecule has 126 valence electrons. The first kappa shape index (κ1) is 16.3. The molecule has 0 unspecified atom stereocenters. The van der Waals surface area contributed by atoms with Crippen molar-refractivity contribution in [2.24, 2.45) is 0 Å². The van der Waals surface area contributed by atoms with E-state index in [1.165, 1.54) is 12.8 Å². The van der Waals surface area contributed by atoms with Gasteiger partial charge in [0.1, 0.15) is 11.4 Å². The first-order valence-electron chi connectivity index (χ1n) is 8.34. The SMILES string of the molecule is COc1ccc(C)cc1Nc1ccnc(C(=O)NC2CCCC2)c1. The second-order valence-electron chi connectivity index (χ2n) is 6.21. The van der Waals surface area contributed by atoms with E-state index >= 15 is 0 Å². The Labute approximate surface area is 142 Å². The van der Waals surface area contributed by atoms with Crippen LogP contribution in [0.25, 0.3) is 0 Å². The summed E-state index contributed by atoms with van der Waals surface area (Å²) in [5.41, 5.74) is 3.24. The summed E-state index contributed by atoms with van der Waals surface area (Å²) in [6.45, 7) is 2.03. The smallest absolute Gasteiger partial charge is 0.270 e. The average molecular weight is 325 g/mol. The molecule has 0 aliphatic heterocycles. The van der Waals surface area contributed by atoms with Crippen molar-refractivity contribution in [1.82, 2.24) is 10.3 Å². The van der Waals surface area contributed by atoms with Gasteiger partial charge in [-0.15, -0.1) is 0 Å². The van der Waals surface area contributed by atoms with Gasteiger partial charge in [0.05, 0.1) is 12.8 Å². The molecule has 1 heterocycles. The van der Waals surface area contributed by atoms with Gasteiger partial charge in [0.2, 0.25) is 0 Å². The molecule has 1 fully saturated rings. The minimum atomic E-state index is -0.109. The Hall–Kier alpha value is -2.56. The summed E-state index contributed by atoms with van der Waals surface area (Å²) >= 11 is 0. The van der Waals surface area contributed by atoms with Gasteiger partial charge in [0, 0.05) is 17.9 Å². The highest BCUT2D eigenvalue weighted by atomic mass is 16.5. The number of ether oxygens (including phenoxy) is 1. The molecule has 5 heteroatoms. The largest absolute Gasteiger partial charge is 0.495 e. The molecule has 1 aromatic carbocycles. The lowest BCUT2D eigenvalue weighted by Gasteiger charge is -2.14. The number of nitrogens with zero attached hydrogens (tertiary/aromatic N) is 1. The molecule has 0 atom stereocenters. The van der Waals surface area contributed by atoms with Crippen molar-refractivity contribution in [2.75, 3.05) is 12.4 Å². The first-order chi connectivity index (χ1) is 11.7. The summed E-state index contributed by atoms with van der Waals surface area (Å²) in [7, 11) is 1.64. The molecule has 3 rings (SSSR count). The quantitative estimate of drug-likeness (QED) is 0.877. The summed E-state index contributed by atoms with van der Waals surface area (Å²) in [6.07, 6.45) is 6.14. The monoisotopic (exact) mass is 325 g/mol. The number of rotatable bonds is 5. The number of amides is 1. The van der Waals surface area contributed by atoms with Crippen molar-refractivity contribution in [3.63, 3.8) is 0 Å².